The van der Waals surface area contributed by atoms with Gasteiger partial charge in [-0.15, -0.1) is 11.3 Å². The van der Waals surface area contributed by atoms with E-state index in [9.17, 15) is 9.90 Å². The Morgan fingerprint density at radius 1 is 1.58 bits per heavy atom. The number of rotatable bonds is 9. The number of aliphatic carboxylic acids is 1. The molecule has 0 amide bonds. The molecular weight excluding hydrogens is 280 g/mol. The number of hydrogen-bond acceptors (Lipinski definition) is 5. The molecule has 2 N–H and O–H groups in total. The summed E-state index contributed by atoms with van der Waals surface area (Å²) in [5.41, 5.74) is -0.819. The standard InChI is InChI=1S/C13H22N2O2S2/c1-10(2)15-13(3,11(16)17)6-4-5-8-18-12-14-7-9-19-12/h7,9-10,15H,4-6,8H2,1-3H3,(H,16,17). The van der Waals surface area contributed by atoms with E-state index in [-0.39, 0.29) is 6.04 Å². The lowest BCUT2D eigenvalue weighted by Gasteiger charge is -2.28. The Balaban J connectivity index is 2.26. The first-order valence-electron chi connectivity index (χ1n) is 6.47. The third-order valence-electron chi connectivity index (χ3n) is 2.79. The highest BCUT2D eigenvalue weighted by atomic mass is 32.2. The smallest absolute Gasteiger partial charge is 0.323 e. The third-order valence-corrected chi connectivity index (χ3v) is 4.84. The van der Waals surface area contributed by atoms with Gasteiger partial charge in [0.2, 0.25) is 0 Å². The largest absolute Gasteiger partial charge is 0.480 e. The van der Waals surface area contributed by atoms with Crippen molar-refractivity contribution in [2.45, 2.75) is 56.0 Å². The van der Waals surface area contributed by atoms with Crippen molar-refractivity contribution in [3.63, 3.8) is 0 Å². The monoisotopic (exact) mass is 302 g/mol. The van der Waals surface area contributed by atoms with Crippen LogP contribution < -0.4 is 5.32 Å². The van der Waals surface area contributed by atoms with E-state index in [1.54, 1.807) is 36.2 Å². The van der Waals surface area contributed by atoms with Gasteiger partial charge in [0.25, 0.3) is 0 Å². The quantitative estimate of drug-likeness (QED) is 0.541. The minimum atomic E-state index is -0.819. The maximum Gasteiger partial charge on any atom is 0.323 e. The summed E-state index contributed by atoms with van der Waals surface area (Å²) in [5, 5.41) is 14.4. The lowest BCUT2D eigenvalue weighted by molar-refractivity contribution is -0.144. The molecule has 0 saturated heterocycles. The molecular formula is C13H22N2O2S2. The Morgan fingerprint density at radius 2 is 2.32 bits per heavy atom. The second-order valence-corrected chi connectivity index (χ2v) is 7.28. The Morgan fingerprint density at radius 3 is 2.84 bits per heavy atom. The van der Waals surface area contributed by atoms with Crippen LogP contribution in [0.5, 0.6) is 0 Å². The Labute approximate surface area is 123 Å². The average Bonchev–Trinajstić information content (AvgIpc) is 2.80. The summed E-state index contributed by atoms with van der Waals surface area (Å²) in [4.78, 5) is 15.5. The normalized spacial score (nSPS) is 14.5. The number of carboxylic acids is 1. The molecule has 0 spiro atoms. The SMILES string of the molecule is CC(C)NC(C)(CCCCSc1nccs1)C(=O)O. The van der Waals surface area contributed by atoms with Gasteiger partial charge in [-0.2, -0.15) is 0 Å². The van der Waals surface area contributed by atoms with Crippen LogP contribution in [0.2, 0.25) is 0 Å². The van der Waals surface area contributed by atoms with E-state index in [1.807, 2.05) is 19.2 Å². The molecule has 108 valence electrons. The number of nitrogens with zero attached hydrogens (tertiary/aromatic N) is 1. The van der Waals surface area contributed by atoms with Gasteiger partial charge >= 0.3 is 5.97 Å². The molecule has 0 aliphatic carbocycles. The van der Waals surface area contributed by atoms with Gasteiger partial charge in [-0.05, 0) is 33.6 Å². The molecule has 0 radical (unpaired) electrons. The third kappa shape index (κ3) is 5.93. The molecule has 1 aromatic rings. The fraction of sp³-hybridized carbons (Fsp3) is 0.692. The lowest BCUT2D eigenvalue weighted by atomic mass is 9.94. The number of hydrogen-bond donors (Lipinski definition) is 2. The van der Waals surface area contributed by atoms with Crippen molar-refractivity contribution in [2.24, 2.45) is 0 Å². The fourth-order valence-electron chi connectivity index (χ4n) is 1.90. The van der Waals surface area contributed by atoms with Crippen LogP contribution in [0.3, 0.4) is 0 Å². The second kappa shape index (κ2) is 7.87. The molecule has 0 bridgehead atoms. The Kier molecular flexibility index (Phi) is 6.82. The molecule has 0 aliphatic heterocycles. The average molecular weight is 302 g/mol. The molecule has 1 atom stereocenters. The summed E-state index contributed by atoms with van der Waals surface area (Å²) in [5.74, 6) is 0.221. The zero-order chi connectivity index (χ0) is 14.3. The van der Waals surface area contributed by atoms with Crippen LogP contribution in [-0.2, 0) is 4.79 Å². The highest BCUT2D eigenvalue weighted by molar-refractivity contribution is 8.00. The van der Waals surface area contributed by atoms with Gasteiger partial charge in [0.1, 0.15) is 9.88 Å². The van der Waals surface area contributed by atoms with Gasteiger partial charge in [-0.3, -0.25) is 10.1 Å². The molecule has 1 rings (SSSR count). The van der Waals surface area contributed by atoms with Gasteiger partial charge < -0.3 is 5.11 Å². The van der Waals surface area contributed by atoms with Crippen LogP contribution in [0.25, 0.3) is 0 Å². The summed E-state index contributed by atoms with van der Waals surface area (Å²) in [6, 6.07) is 0.172. The Hall–Kier alpha value is -0.590. The molecule has 0 fully saturated rings. The molecule has 4 nitrogen and oxygen atoms in total. The van der Waals surface area contributed by atoms with Crippen LogP contribution in [0.4, 0.5) is 0 Å². The van der Waals surface area contributed by atoms with Crippen molar-refractivity contribution in [1.29, 1.82) is 0 Å². The molecule has 0 aliphatic rings. The van der Waals surface area contributed by atoms with E-state index in [0.29, 0.717) is 6.42 Å². The fourth-order valence-corrected chi connectivity index (χ4v) is 3.61. The number of nitrogens with one attached hydrogen (secondary N) is 1. The molecule has 1 heterocycles. The second-order valence-electron chi connectivity index (χ2n) is 5.04. The van der Waals surface area contributed by atoms with Crippen molar-refractivity contribution < 1.29 is 9.90 Å². The lowest BCUT2D eigenvalue weighted by Crippen LogP contribution is -2.52. The number of carboxylic acid groups (broad SMARTS) is 1. The Bertz CT molecular complexity index is 382. The van der Waals surface area contributed by atoms with Gasteiger partial charge in [0.05, 0.1) is 0 Å². The first-order valence-corrected chi connectivity index (χ1v) is 8.34. The van der Waals surface area contributed by atoms with E-state index in [4.69, 9.17) is 0 Å². The van der Waals surface area contributed by atoms with Crippen molar-refractivity contribution in [2.75, 3.05) is 5.75 Å². The molecule has 0 aromatic carbocycles. The topological polar surface area (TPSA) is 62.2 Å². The number of thiazole rings is 1. The van der Waals surface area contributed by atoms with Crippen LogP contribution >= 0.6 is 23.1 Å². The van der Waals surface area contributed by atoms with Crippen molar-refractivity contribution >= 4 is 29.1 Å². The summed E-state index contributed by atoms with van der Waals surface area (Å²) >= 11 is 3.38. The highest BCUT2D eigenvalue weighted by Crippen LogP contribution is 2.23. The number of thioether (sulfide) groups is 1. The number of unbranched alkanes of at least 4 members (excludes halogenated alkanes) is 1. The highest BCUT2D eigenvalue weighted by Gasteiger charge is 2.32. The van der Waals surface area contributed by atoms with Crippen LogP contribution in [0.15, 0.2) is 15.9 Å². The minimum Gasteiger partial charge on any atom is -0.480 e. The zero-order valence-electron chi connectivity index (χ0n) is 11.7. The van der Waals surface area contributed by atoms with E-state index >= 15 is 0 Å². The van der Waals surface area contributed by atoms with Gasteiger partial charge in [0, 0.05) is 23.4 Å². The molecule has 1 aromatic heterocycles. The molecule has 0 saturated carbocycles. The summed E-state index contributed by atoms with van der Waals surface area (Å²) < 4.78 is 1.08. The summed E-state index contributed by atoms with van der Waals surface area (Å²) in [7, 11) is 0. The maximum atomic E-state index is 11.3. The van der Waals surface area contributed by atoms with Crippen molar-refractivity contribution in [3.8, 4) is 0 Å². The predicted molar refractivity (Wildman–Crippen MR) is 81.0 cm³/mol. The van der Waals surface area contributed by atoms with Crippen LogP contribution in [0.1, 0.15) is 40.0 Å². The van der Waals surface area contributed by atoms with Crippen molar-refractivity contribution in [1.82, 2.24) is 10.3 Å². The van der Waals surface area contributed by atoms with Crippen LogP contribution in [0, 0.1) is 0 Å². The van der Waals surface area contributed by atoms with E-state index < -0.39 is 11.5 Å². The van der Waals surface area contributed by atoms with Gasteiger partial charge in [0.15, 0.2) is 0 Å². The molecule has 1 unspecified atom stereocenters. The summed E-state index contributed by atoms with van der Waals surface area (Å²) in [6.07, 6.45) is 4.37. The minimum absolute atomic E-state index is 0.172. The molecule has 19 heavy (non-hydrogen) atoms. The van der Waals surface area contributed by atoms with Gasteiger partial charge in [-0.1, -0.05) is 18.2 Å². The van der Waals surface area contributed by atoms with Crippen molar-refractivity contribution in [3.05, 3.63) is 11.6 Å². The zero-order valence-corrected chi connectivity index (χ0v) is 13.3. The first-order chi connectivity index (χ1) is 8.94. The van der Waals surface area contributed by atoms with Gasteiger partial charge in [-0.25, -0.2) is 4.98 Å². The predicted octanol–water partition coefficient (Wildman–Crippen LogP) is 3.25. The van der Waals surface area contributed by atoms with E-state index in [2.05, 4.69) is 10.3 Å². The number of aromatic nitrogens is 1. The molecule has 6 heteroatoms. The maximum absolute atomic E-state index is 11.3. The van der Waals surface area contributed by atoms with Crippen LogP contribution in [-0.4, -0.2) is 33.4 Å². The first kappa shape index (κ1) is 16.5. The van der Waals surface area contributed by atoms with E-state index in [0.717, 1.165) is 22.9 Å². The van der Waals surface area contributed by atoms with E-state index in [1.165, 1.54) is 0 Å². The number of carbonyl (C=O) groups is 1. The summed E-state index contributed by atoms with van der Waals surface area (Å²) in [6.45, 7) is 5.71.